The fourth-order valence-electron chi connectivity index (χ4n) is 2.63. The van der Waals surface area contributed by atoms with Crippen molar-refractivity contribution in [1.29, 1.82) is 0 Å². The van der Waals surface area contributed by atoms with Crippen LogP contribution in [0.5, 0.6) is 0 Å². The lowest BCUT2D eigenvalue weighted by Gasteiger charge is -2.33. The van der Waals surface area contributed by atoms with Crippen molar-refractivity contribution in [2.45, 2.75) is 38.5 Å². The minimum absolute atomic E-state index is 0.128. The lowest BCUT2D eigenvalue weighted by Crippen LogP contribution is -2.38. The highest BCUT2D eigenvalue weighted by atomic mass is 19.4. The Morgan fingerprint density at radius 3 is 2.88 bits per heavy atom. The molecule has 1 aliphatic rings. The predicted molar refractivity (Wildman–Crippen MR) is 76.1 cm³/mol. The number of aryl methyl sites for hydroxylation is 1. The van der Waals surface area contributed by atoms with Crippen LogP contribution in [0.25, 0.3) is 0 Å². The number of halogens is 3. The van der Waals surface area contributed by atoms with Gasteiger partial charge in [0.25, 0.3) is 0 Å². The van der Waals surface area contributed by atoms with Crippen LogP contribution in [0.2, 0.25) is 0 Å². The highest BCUT2D eigenvalue weighted by molar-refractivity contribution is 5.12. The number of furan rings is 1. The SMILES string of the molecule is CCc1ccc(C2COCCN2Cc2nc(CC(F)(F)F)no2)o1. The van der Waals surface area contributed by atoms with Crippen molar-refractivity contribution in [3.63, 3.8) is 0 Å². The highest BCUT2D eigenvalue weighted by Gasteiger charge is 2.32. The van der Waals surface area contributed by atoms with Crippen LogP contribution < -0.4 is 0 Å². The van der Waals surface area contributed by atoms with Crippen LogP contribution in [0, 0.1) is 0 Å². The predicted octanol–water partition coefficient (Wildman–Crippen LogP) is 2.90. The van der Waals surface area contributed by atoms with Crippen LogP contribution in [0.1, 0.15) is 36.2 Å². The van der Waals surface area contributed by atoms with Crippen molar-refractivity contribution < 1.29 is 26.8 Å². The molecule has 1 fully saturated rings. The zero-order valence-corrected chi connectivity index (χ0v) is 13.2. The van der Waals surface area contributed by atoms with Gasteiger partial charge >= 0.3 is 6.18 Å². The van der Waals surface area contributed by atoms with Gasteiger partial charge in [-0.1, -0.05) is 12.1 Å². The van der Waals surface area contributed by atoms with Gasteiger partial charge in [-0.05, 0) is 12.1 Å². The molecule has 2 aromatic rings. The summed E-state index contributed by atoms with van der Waals surface area (Å²) >= 11 is 0. The van der Waals surface area contributed by atoms with E-state index in [0.717, 1.165) is 17.9 Å². The number of aromatic nitrogens is 2. The lowest BCUT2D eigenvalue weighted by atomic mass is 10.1. The molecule has 0 amide bonds. The molecular formula is C15H18F3N3O3. The molecule has 1 saturated heterocycles. The quantitative estimate of drug-likeness (QED) is 0.830. The zero-order valence-electron chi connectivity index (χ0n) is 13.2. The summed E-state index contributed by atoms with van der Waals surface area (Å²) in [4.78, 5) is 5.83. The van der Waals surface area contributed by atoms with E-state index in [4.69, 9.17) is 13.7 Å². The van der Waals surface area contributed by atoms with E-state index in [9.17, 15) is 13.2 Å². The molecule has 6 nitrogen and oxygen atoms in total. The number of hydrogen-bond acceptors (Lipinski definition) is 6. The van der Waals surface area contributed by atoms with Crippen LogP contribution in [0.4, 0.5) is 13.2 Å². The summed E-state index contributed by atoms with van der Waals surface area (Å²) in [6.45, 7) is 3.82. The third kappa shape index (κ3) is 4.15. The summed E-state index contributed by atoms with van der Waals surface area (Å²) < 4.78 is 53.3. The summed E-state index contributed by atoms with van der Waals surface area (Å²) in [5.74, 6) is 1.44. The van der Waals surface area contributed by atoms with Gasteiger partial charge in [0.05, 0.1) is 25.8 Å². The second-order valence-corrected chi connectivity index (χ2v) is 5.62. The Bertz CT molecular complexity index is 668. The standard InChI is InChI=1S/C15H18F3N3O3/c1-2-10-3-4-12(23-10)11-9-22-6-5-21(11)8-14-19-13(20-24-14)7-15(16,17)18/h3-4,11H,2,5-9H2,1H3. The maximum Gasteiger partial charge on any atom is 0.396 e. The van der Waals surface area contributed by atoms with Crippen molar-refractivity contribution in [3.05, 3.63) is 35.4 Å². The maximum atomic E-state index is 12.4. The van der Waals surface area contributed by atoms with E-state index >= 15 is 0 Å². The minimum atomic E-state index is -4.35. The molecule has 1 aliphatic heterocycles. The van der Waals surface area contributed by atoms with Gasteiger partial charge < -0.3 is 13.7 Å². The van der Waals surface area contributed by atoms with Crippen molar-refractivity contribution >= 4 is 0 Å². The summed E-state index contributed by atoms with van der Waals surface area (Å²) in [5, 5.41) is 3.39. The van der Waals surface area contributed by atoms with Crippen LogP contribution in [0.15, 0.2) is 21.1 Å². The van der Waals surface area contributed by atoms with E-state index < -0.39 is 12.6 Å². The van der Waals surface area contributed by atoms with Crippen molar-refractivity contribution in [2.24, 2.45) is 0 Å². The normalized spacial score (nSPS) is 19.8. The summed E-state index contributed by atoms with van der Waals surface area (Å²) in [7, 11) is 0. The Kier molecular flexibility index (Phi) is 4.91. The lowest BCUT2D eigenvalue weighted by molar-refractivity contribution is -0.128. The van der Waals surface area contributed by atoms with E-state index in [-0.39, 0.29) is 24.3 Å². The maximum absolute atomic E-state index is 12.4. The van der Waals surface area contributed by atoms with Crippen molar-refractivity contribution in [1.82, 2.24) is 15.0 Å². The van der Waals surface area contributed by atoms with Gasteiger partial charge in [0, 0.05) is 13.0 Å². The largest absolute Gasteiger partial charge is 0.464 e. The average molecular weight is 345 g/mol. The van der Waals surface area contributed by atoms with Gasteiger partial charge in [-0.3, -0.25) is 4.90 Å². The molecule has 9 heteroatoms. The molecule has 0 aliphatic carbocycles. The first kappa shape index (κ1) is 17.0. The van der Waals surface area contributed by atoms with E-state index in [1.165, 1.54) is 0 Å². The number of rotatable bonds is 5. The van der Waals surface area contributed by atoms with Crippen molar-refractivity contribution in [3.8, 4) is 0 Å². The third-order valence-corrected chi connectivity index (χ3v) is 3.81. The molecule has 132 valence electrons. The fraction of sp³-hybridized carbons (Fsp3) is 0.600. The Morgan fingerprint density at radius 2 is 2.17 bits per heavy atom. The molecule has 0 aromatic carbocycles. The van der Waals surface area contributed by atoms with Gasteiger partial charge in [-0.15, -0.1) is 0 Å². The second kappa shape index (κ2) is 6.94. The number of morpholine rings is 1. The summed E-state index contributed by atoms with van der Waals surface area (Å²) in [6, 6.07) is 3.68. The molecule has 2 aromatic heterocycles. The van der Waals surface area contributed by atoms with E-state index in [1.807, 2.05) is 24.0 Å². The monoisotopic (exact) mass is 345 g/mol. The van der Waals surface area contributed by atoms with Gasteiger partial charge in [-0.25, -0.2) is 0 Å². The Balaban J connectivity index is 1.70. The van der Waals surface area contributed by atoms with Gasteiger partial charge in [-0.2, -0.15) is 18.2 Å². The number of alkyl halides is 3. The summed E-state index contributed by atoms with van der Waals surface area (Å²) in [6.07, 6.45) is -4.76. The first-order valence-corrected chi connectivity index (χ1v) is 7.73. The first-order chi connectivity index (χ1) is 11.4. The van der Waals surface area contributed by atoms with Crippen LogP contribution in [-0.4, -0.2) is 41.0 Å². The van der Waals surface area contributed by atoms with Gasteiger partial charge in [0.15, 0.2) is 5.82 Å². The molecule has 1 atom stereocenters. The molecule has 1 unspecified atom stereocenters. The molecule has 0 saturated carbocycles. The average Bonchev–Trinajstić information content (AvgIpc) is 3.15. The van der Waals surface area contributed by atoms with Gasteiger partial charge in [0.1, 0.15) is 17.9 Å². The molecule has 0 spiro atoms. The molecule has 24 heavy (non-hydrogen) atoms. The van der Waals surface area contributed by atoms with Crippen LogP contribution >= 0.6 is 0 Å². The Morgan fingerprint density at radius 1 is 1.33 bits per heavy atom. The summed E-state index contributed by atoms with van der Waals surface area (Å²) in [5.41, 5.74) is 0. The van der Waals surface area contributed by atoms with E-state index in [1.54, 1.807) is 0 Å². The fourth-order valence-corrected chi connectivity index (χ4v) is 2.63. The topological polar surface area (TPSA) is 64.5 Å². The smallest absolute Gasteiger partial charge is 0.396 e. The molecule has 3 rings (SSSR count). The van der Waals surface area contributed by atoms with E-state index in [0.29, 0.717) is 19.8 Å². The van der Waals surface area contributed by atoms with E-state index in [2.05, 4.69) is 10.1 Å². The Hall–Kier alpha value is -1.87. The molecule has 0 bridgehead atoms. The first-order valence-electron chi connectivity index (χ1n) is 7.73. The molecule has 3 heterocycles. The highest BCUT2D eigenvalue weighted by Crippen LogP contribution is 2.28. The van der Waals surface area contributed by atoms with Gasteiger partial charge in [0.2, 0.25) is 5.89 Å². The molecule has 0 radical (unpaired) electrons. The zero-order chi connectivity index (χ0) is 17.2. The van der Waals surface area contributed by atoms with Crippen molar-refractivity contribution in [2.75, 3.05) is 19.8 Å². The van der Waals surface area contributed by atoms with Crippen LogP contribution in [0.3, 0.4) is 0 Å². The third-order valence-electron chi connectivity index (χ3n) is 3.81. The minimum Gasteiger partial charge on any atom is -0.464 e. The second-order valence-electron chi connectivity index (χ2n) is 5.62. The number of hydrogen-bond donors (Lipinski definition) is 0. The molecule has 0 N–H and O–H groups in total. The number of nitrogens with zero attached hydrogens (tertiary/aromatic N) is 3. The Labute approximate surface area is 136 Å². The molecular weight excluding hydrogens is 327 g/mol. The number of ether oxygens (including phenoxy) is 1. The van der Waals surface area contributed by atoms with Crippen LogP contribution in [-0.2, 0) is 24.1 Å².